The molecule has 0 atom stereocenters. The van der Waals surface area contributed by atoms with E-state index in [0.717, 1.165) is 25.2 Å². The van der Waals surface area contributed by atoms with Crippen LogP contribution in [-0.2, 0) is 0 Å². The van der Waals surface area contributed by atoms with E-state index in [1.165, 1.54) is 11.8 Å². The van der Waals surface area contributed by atoms with E-state index in [1.807, 2.05) is 0 Å². The minimum Gasteiger partial charge on any atom is -0.478 e. The van der Waals surface area contributed by atoms with Crippen LogP contribution >= 0.6 is 0 Å². The molecule has 1 aliphatic rings. The van der Waals surface area contributed by atoms with Crippen LogP contribution in [0.3, 0.4) is 0 Å². The van der Waals surface area contributed by atoms with Crippen LogP contribution in [0.25, 0.3) is 0 Å². The van der Waals surface area contributed by atoms with Crippen molar-refractivity contribution >= 4 is 11.7 Å². The van der Waals surface area contributed by atoms with Crippen LogP contribution in [0.5, 0.6) is 0 Å². The van der Waals surface area contributed by atoms with Gasteiger partial charge in [-0.1, -0.05) is 32.4 Å². The maximum absolute atomic E-state index is 11.2. The maximum atomic E-state index is 11.2. The normalized spacial score (nSPS) is 16.2. The summed E-state index contributed by atoms with van der Waals surface area (Å²) in [6.45, 7) is 8.25. The molecule has 0 radical (unpaired) electrons. The molecule has 0 aromatic carbocycles. The number of aromatic nitrogens is 1. The van der Waals surface area contributed by atoms with E-state index in [-0.39, 0.29) is 11.0 Å². The molecular formula is C15H20N2O2. The monoisotopic (exact) mass is 260 g/mol. The zero-order chi connectivity index (χ0) is 14.0. The van der Waals surface area contributed by atoms with Crippen molar-refractivity contribution in [3.05, 3.63) is 35.7 Å². The van der Waals surface area contributed by atoms with Gasteiger partial charge in [0, 0.05) is 25.5 Å². The summed E-state index contributed by atoms with van der Waals surface area (Å²) in [5.41, 5.74) is 2.66. The molecular weight excluding hydrogens is 240 g/mol. The lowest BCUT2D eigenvalue weighted by Crippen LogP contribution is -2.32. The second-order valence-electron chi connectivity index (χ2n) is 5.87. The number of hydrogen-bond acceptors (Lipinski definition) is 3. The first-order valence-electron chi connectivity index (χ1n) is 6.51. The standard InChI is InChI=1S/C15H20N2O2/c1-15(2,3)11-5-8-17(9-6-11)13-4-7-16-10-12(13)14(18)19/h4-5,7,10H,6,8-9H2,1-3H3,(H,18,19). The molecule has 0 spiro atoms. The molecule has 0 saturated heterocycles. The quantitative estimate of drug-likeness (QED) is 0.831. The van der Waals surface area contributed by atoms with E-state index >= 15 is 0 Å². The highest BCUT2D eigenvalue weighted by atomic mass is 16.4. The molecule has 0 amide bonds. The second-order valence-corrected chi connectivity index (χ2v) is 5.87. The lowest BCUT2D eigenvalue weighted by atomic mass is 9.83. The lowest BCUT2D eigenvalue weighted by molar-refractivity contribution is 0.0697. The summed E-state index contributed by atoms with van der Waals surface area (Å²) in [5.74, 6) is -0.923. The van der Waals surface area contributed by atoms with Crippen molar-refractivity contribution in [2.75, 3.05) is 18.0 Å². The van der Waals surface area contributed by atoms with Crippen molar-refractivity contribution in [1.29, 1.82) is 0 Å². The molecule has 1 aromatic heterocycles. The highest BCUT2D eigenvalue weighted by Gasteiger charge is 2.23. The molecule has 0 bridgehead atoms. The van der Waals surface area contributed by atoms with Gasteiger partial charge in [-0.05, 0) is 17.9 Å². The Labute approximate surface area is 113 Å². The van der Waals surface area contributed by atoms with Crippen LogP contribution in [-0.4, -0.2) is 29.1 Å². The van der Waals surface area contributed by atoms with Gasteiger partial charge in [-0.3, -0.25) is 4.98 Å². The van der Waals surface area contributed by atoms with E-state index in [9.17, 15) is 9.90 Å². The lowest BCUT2D eigenvalue weighted by Gasteiger charge is -2.33. The molecule has 2 heterocycles. The van der Waals surface area contributed by atoms with Crippen LogP contribution in [0.15, 0.2) is 30.1 Å². The molecule has 0 aliphatic carbocycles. The summed E-state index contributed by atoms with van der Waals surface area (Å²) in [5, 5.41) is 9.20. The average Bonchev–Trinajstić information content (AvgIpc) is 2.38. The first-order valence-corrected chi connectivity index (χ1v) is 6.51. The molecule has 1 aromatic rings. The Balaban J connectivity index is 2.23. The smallest absolute Gasteiger partial charge is 0.339 e. The SMILES string of the molecule is CC(C)(C)C1=CCN(c2ccncc2C(=O)O)CC1. The highest BCUT2D eigenvalue weighted by Crippen LogP contribution is 2.32. The molecule has 102 valence electrons. The van der Waals surface area contributed by atoms with Crippen LogP contribution in [0, 0.1) is 5.41 Å². The van der Waals surface area contributed by atoms with Gasteiger partial charge in [-0.25, -0.2) is 4.79 Å². The van der Waals surface area contributed by atoms with Crippen molar-refractivity contribution in [3.8, 4) is 0 Å². The van der Waals surface area contributed by atoms with Crippen molar-refractivity contribution < 1.29 is 9.90 Å². The average molecular weight is 260 g/mol. The van der Waals surface area contributed by atoms with E-state index in [1.54, 1.807) is 12.3 Å². The molecule has 4 nitrogen and oxygen atoms in total. The van der Waals surface area contributed by atoms with Gasteiger partial charge < -0.3 is 10.0 Å². The Bertz CT molecular complexity index is 515. The Kier molecular flexibility index (Phi) is 3.60. The Morgan fingerprint density at radius 1 is 1.42 bits per heavy atom. The van der Waals surface area contributed by atoms with Crippen molar-refractivity contribution in [2.24, 2.45) is 5.41 Å². The highest BCUT2D eigenvalue weighted by molar-refractivity contribution is 5.94. The van der Waals surface area contributed by atoms with E-state index in [4.69, 9.17) is 0 Å². The van der Waals surface area contributed by atoms with Crippen LogP contribution < -0.4 is 4.90 Å². The zero-order valence-electron chi connectivity index (χ0n) is 11.7. The molecule has 2 rings (SSSR count). The third-order valence-electron chi connectivity index (χ3n) is 3.54. The molecule has 1 aliphatic heterocycles. The number of carboxylic acids is 1. The van der Waals surface area contributed by atoms with Crippen molar-refractivity contribution in [3.63, 3.8) is 0 Å². The predicted molar refractivity (Wildman–Crippen MR) is 75.6 cm³/mol. The fourth-order valence-corrected chi connectivity index (χ4v) is 2.40. The molecule has 19 heavy (non-hydrogen) atoms. The van der Waals surface area contributed by atoms with Crippen molar-refractivity contribution in [2.45, 2.75) is 27.2 Å². The molecule has 4 heteroatoms. The van der Waals surface area contributed by atoms with Gasteiger partial charge in [0.1, 0.15) is 5.56 Å². The van der Waals surface area contributed by atoms with Gasteiger partial charge in [0.25, 0.3) is 0 Å². The maximum Gasteiger partial charge on any atom is 0.339 e. The number of aromatic carboxylic acids is 1. The number of anilines is 1. The van der Waals surface area contributed by atoms with E-state index in [0.29, 0.717) is 0 Å². The Morgan fingerprint density at radius 3 is 2.68 bits per heavy atom. The number of carbonyl (C=O) groups is 1. The van der Waals surface area contributed by atoms with Gasteiger partial charge in [0.05, 0.1) is 5.69 Å². The van der Waals surface area contributed by atoms with E-state index < -0.39 is 5.97 Å². The summed E-state index contributed by atoms with van der Waals surface area (Å²) in [6, 6.07) is 1.78. The van der Waals surface area contributed by atoms with Gasteiger partial charge >= 0.3 is 5.97 Å². The van der Waals surface area contributed by atoms with Gasteiger partial charge in [0.15, 0.2) is 0 Å². The molecule has 0 fully saturated rings. The summed E-state index contributed by atoms with van der Waals surface area (Å²) >= 11 is 0. The molecule has 0 saturated carbocycles. The second kappa shape index (κ2) is 5.03. The first kappa shape index (κ1) is 13.6. The van der Waals surface area contributed by atoms with E-state index in [2.05, 4.69) is 36.7 Å². The fourth-order valence-electron chi connectivity index (χ4n) is 2.40. The van der Waals surface area contributed by atoms with Gasteiger partial charge in [-0.2, -0.15) is 0 Å². The number of carboxylic acid groups (broad SMARTS) is 1. The van der Waals surface area contributed by atoms with Crippen LogP contribution in [0.2, 0.25) is 0 Å². The third-order valence-corrected chi connectivity index (χ3v) is 3.54. The fraction of sp³-hybridized carbons (Fsp3) is 0.467. The summed E-state index contributed by atoms with van der Waals surface area (Å²) < 4.78 is 0. The van der Waals surface area contributed by atoms with Gasteiger partial charge in [-0.15, -0.1) is 0 Å². The summed E-state index contributed by atoms with van der Waals surface area (Å²) in [4.78, 5) is 17.2. The summed E-state index contributed by atoms with van der Waals surface area (Å²) in [6.07, 6.45) is 6.26. The third kappa shape index (κ3) is 2.95. The minimum absolute atomic E-state index is 0.194. The Morgan fingerprint density at radius 2 is 2.16 bits per heavy atom. The number of hydrogen-bond donors (Lipinski definition) is 1. The Hall–Kier alpha value is -1.84. The molecule has 1 N–H and O–H groups in total. The first-order chi connectivity index (χ1) is 8.89. The molecule has 0 unspecified atom stereocenters. The van der Waals surface area contributed by atoms with Crippen molar-refractivity contribution in [1.82, 2.24) is 4.98 Å². The van der Waals surface area contributed by atoms with Crippen LogP contribution in [0.4, 0.5) is 5.69 Å². The minimum atomic E-state index is -0.923. The number of nitrogens with zero attached hydrogens (tertiary/aromatic N) is 2. The predicted octanol–water partition coefficient (Wildman–Crippen LogP) is 2.96. The zero-order valence-corrected chi connectivity index (χ0v) is 11.7. The summed E-state index contributed by atoms with van der Waals surface area (Å²) in [7, 11) is 0. The number of pyridine rings is 1. The topological polar surface area (TPSA) is 53.4 Å². The number of rotatable bonds is 2. The van der Waals surface area contributed by atoms with Crippen LogP contribution in [0.1, 0.15) is 37.6 Å². The largest absolute Gasteiger partial charge is 0.478 e. The van der Waals surface area contributed by atoms with Gasteiger partial charge in [0.2, 0.25) is 0 Å².